The number of hydrazone groups is 1. The number of benzene rings is 1. The molecule has 0 spiro atoms. The average Bonchev–Trinajstić information content (AvgIpc) is 3.11. The van der Waals surface area contributed by atoms with Crippen LogP contribution in [-0.4, -0.2) is 25.3 Å². The highest BCUT2D eigenvalue weighted by Gasteiger charge is 2.14. The molecule has 2 aromatic rings. The number of methoxy groups -OCH3 is 1. The Morgan fingerprint density at radius 1 is 1.50 bits per heavy atom. The predicted octanol–water partition coefficient (Wildman–Crippen LogP) is 3.88. The number of hydrogen-bond donors (Lipinski definition) is 1. The second-order valence-electron chi connectivity index (χ2n) is 5.05. The summed E-state index contributed by atoms with van der Waals surface area (Å²) in [6.07, 6.45) is 3.74. The van der Waals surface area contributed by atoms with Gasteiger partial charge in [-0.2, -0.15) is 5.10 Å². The molecule has 0 aliphatic rings. The molecule has 0 aliphatic heterocycles. The molecule has 0 saturated carbocycles. The first-order chi connectivity index (χ1) is 11.5. The molecule has 0 aliphatic carbocycles. The number of carbonyl (C=O) groups is 1. The molecule has 0 saturated heterocycles. The summed E-state index contributed by atoms with van der Waals surface area (Å²) in [6, 6.07) is 6.58. The van der Waals surface area contributed by atoms with E-state index in [1.165, 1.54) is 19.6 Å². The zero-order valence-corrected chi connectivity index (χ0v) is 14.5. The predicted molar refractivity (Wildman–Crippen MR) is 92.2 cm³/mol. The molecular weight excluding hydrogens is 332 g/mol. The summed E-state index contributed by atoms with van der Waals surface area (Å²) in [5, 5.41) is 4.29. The van der Waals surface area contributed by atoms with Crippen molar-refractivity contribution >= 4 is 23.7 Å². The van der Waals surface area contributed by atoms with Crippen LogP contribution in [0.4, 0.5) is 0 Å². The average molecular weight is 351 g/mol. The van der Waals surface area contributed by atoms with E-state index in [0.717, 1.165) is 6.42 Å². The first-order valence-electron chi connectivity index (χ1n) is 7.46. The maximum Gasteiger partial charge on any atom is 0.307 e. The number of amides is 1. The molecular formula is C17H19ClN2O4. The van der Waals surface area contributed by atoms with Gasteiger partial charge in [-0.1, -0.05) is 18.5 Å². The van der Waals surface area contributed by atoms with Crippen molar-refractivity contribution in [1.82, 2.24) is 5.43 Å². The number of carbonyl (C=O) groups excluding carboxylic acids is 1. The van der Waals surface area contributed by atoms with Crippen molar-refractivity contribution in [3.8, 4) is 11.5 Å². The number of nitrogens with zero attached hydrogens (tertiary/aromatic N) is 1. The Bertz CT molecular complexity index is 714. The maximum atomic E-state index is 11.7. The summed E-state index contributed by atoms with van der Waals surface area (Å²) >= 11 is 6.27. The molecule has 1 aromatic heterocycles. The molecule has 24 heavy (non-hydrogen) atoms. The van der Waals surface area contributed by atoms with Gasteiger partial charge >= 0.3 is 5.91 Å². The molecule has 128 valence electrons. The Morgan fingerprint density at radius 3 is 2.92 bits per heavy atom. The largest absolute Gasteiger partial charge is 0.493 e. The highest BCUT2D eigenvalue weighted by atomic mass is 35.5. The second kappa shape index (κ2) is 8.40. The number of hydrogen-bond acceptors (Lipinski definition) is 5. The van der Waals surface area contributed by atoms with Crippen LogP contribution in [-0.2, 0) is 0 Å². The van der Waals surface area contributed by atoms with Crippen LogP contribution >= 0.6 is 11.6 Å². The Kier molecular flexibility index (Phi) is 6.26. The summed E-state index contributed by atoms with van der Waals surface area (Å²) in [5.41, 5.74) is 3.03. The number of ether oxygens (including phenoxy) is 2. The third kappa shape index (κ3) is 4.52. The normalized spacial score (nSPS) is 12.2. The van der Waals surface area contributed by atoms with E-state index >= 15 is 0 Å². The first-order valence-corrected chi connectivity index (χ1v) is 7.84. The van der Waals surface area contributed by atoms with Crippen molar-refractivity contribution in [1.29, 1.82) is 0 Å². The van der Waals surface area contributed by atoms with Crippen LogP contribution in [0.3, 0.4) is 0 Å². The Balaban J connectivity index is 2.12. The van der Waals surface area contributed by atoms with Gasteiger partial charge in [0.25, 0.3) is 0 Å². The Hall–Kier alpha value is -2.47. The molecule has 1 N–H and O–H groups in total. The fourth-order valence-electron chi connectivity index (χ4n) is 1.84. The minimum atomic E-state index is -0.439. The van der Waals surface area contributed by atoms with Gasteiger partial charge in [-0.25, -0.2) is 5.43 Å². The molecule has 0 bridgehead atoms. The quantitative estimate of drug-likeness (QED) is 0.607. The van der Waals surface area contributed by atoms with Crippen molar-refractivity contribution < 1.29 is 18.7 Å². The zero-order chi connectivity index (χ0) is 17.5. The van der Waals surface area contributed by atoms with Crippen LogP contribution in [0.25, 0.3) is 0 Å². The zero-order valence-electron chi connectivity index (χ0n) is 13.7. The minimum Gasteiger partial charge on any atom is -0.493 e. The lowest BCUT2D eigenvalue weighted by Crippen LogP contribution is -2.16. The van der Waals surface area contributed by atoms with E-state index in [2.05, 4.69) is 10.5 Å². The van der Waals surface area contributed by atoms with Crippen LogP contribution in [0.2, 0.25) is 5.02 Å². The molecule has 7 heteroatoms. The summed E-state index contributed by atoms with van der Waals surface area (Å²) < 4.78 is 16.1. The highest BCUT2D eigenvalue weighted by Crippen LogP contribution is 2.37. The van der Waals surface area contributed by atoms with Crippen LogP contribution in [0.5, 0.6) is 11.5 Å². The summed E-state index contributed by atoms with van der Waals surface area (Å²) in [5.74, 6) is 0.734. The molecule has 0 fully saturated rings. The molecule has 1 atom stereocenters. The van der Waals surface area contributed by atoms with Crippen LogP contribution in [0, 0.1) is 0 Å². The van der Waals surface area contributed by atoms with Gasteiger partial charge in [0, 0.05) is 0 Å². The van der Waals surface area contributed by atoms with Crippen LogP contribution < -0.4 is 14.9 Å². The van der Waals surface area contributed by atoms with E-state index in [9.17, 15) is 4.79 Å². The lowest BCUT2D eigenvalue weighted by molar-refractivity contribution is 0.0927. The number of rotatable bonds is 7. The van der Waals surface area contributed by atoms with Crippen molar-refractivity contribution in [2.75, 3.05) is 7.11 Å². The van der Waals surface area contributed by atoms with E-state index < -0.39 is 5.91 Å². The molecule has 1 aromatic carbocycles. The minimum absolute atomic E-state index is 0.0171. The number of furan rings is 1. The molecule has 6 nitrogen and oxygen atoms in total. The van der Waals surface area contributed by atoms with E-state index in [4.69, 9.17) is 25.5 Å². The van der Waals surface area contributed by atoms with E-state index in [-0.39, 0.29) is 11.9 Å². The number of nitrogens with one attached hydrogen (secondary N) is 1. The fourth-order valence-corrected chi connectivity index (χ4v) is 2.11. The highest BCUT2D eigenvalue weighted by molar-refractivity contribution is 6.32. The van der Waals surface area contributed by atoms with Crippen molar-refractivity contribution in [3.05, 3.63) is 46.9 Å². The molecule has 0 unspecified atom stereocenters. The van der Waals surface area contributed by atoms with Gasteiger partial charge in [0.2, 0.25) is 0 Å². The van der Waals surface area contributed by atoms with Crippen LogP contribution in [0.1, 0.15) is 36.4 Å². The third-order valence-corrected chi connectivity index (χ3v) is 3.55. The molecule has 2 rings (SSSR count). The van der Waals surface area contributed by atoms with Crippen molar-refractivity contribution in [2.45, 2.75) is 26.4 Å². The van der Waals surface area contributed by atoms with Crippen molar-refractivity contribution in [3.63, 3.8) is 0 Å². The summed E-state index contributed by atoms with van der Waals surface area (Å²) in [6.45, 7) is 3.98. The van der Waals surface area contributed by atoms with Gasteiger partial charge in [-0.3, -0.25) is 4.79 Å². The van der Waals surface area contributed by atoms with Gasteiger partial charge in [0.1, 0.15) is 0 Å². The lowest BCUT2D eigenvalue weighted by atomic mass is 10.2. The summed E-state index contributed by atoms with van der Waals surface area (Å²) in [4.78, 5) is 11.7. The number of halogens is 1. The van der Waals surface area contributed by atoms with E-state index in [0.29, 0.717) is 22.1 Å². The van der Waals surface area contributed by atoms with Gasteiger partial charge in [0.05, 0.1) is 30.7 Å². The maximum absolute atomic E-state index is 11.7. The SMILES string of the molecule is CC[C@H](C)Oc1c(Cl)cc(/C=N/NC(=O)c2ccco2)cc1OC. The fraction of sp³-hybridized carbons (Fsp3) is 0.294. The van der Waals surface area contributed by atoms with Gasteiger partial charge in [-0.15, -0.1) is 0 Å². The monoisotopic (exact) mass is 350 g/mol. The third-order valence-electron chi connectivity index (χ3n) is 3.27. The Morgan fingerprint density at radius 2 is 2.29 bits per heavy atom. The van der Waals surface area contributed by atoms with Crippen LogP contribution in [0.15, 0.2) is 40.0 Å². The smallest absolute Gasteiger partial charge is 0.307 e. The summed E-state index contributed by atoms with van der Waals surface area (Å²) in [7, 11) is 1.54. The first kappa shape index (κ1) is 17.9. The van der Waals surface area contributed by atoms with Gasteiger partial charge in [0.15, 0.2) is 17.3 Å². The second-order valence-corrected chi connectivity index (χ2v) is 5.45. The lowest BCUT2D eigenvalue weighted by Gasteiger charge is -2.17. The van der Waals surface area contributed by atoms with Gasteiger partial charge < -0.3 is 13.9 Å². The van der Waals surface area contributed by atoms with Crippen molar-refractivity contribution in [2.24, 2.45) is 5.10 Å². The van der Waals surface area contributed by atoms with E-state index in [1.807, 2.05) is 13.8 Å². The molecule has 1 heterocycles. The molecule has 0 radical (unpaired) electrons. The van der Waals surface area contributed by atoms with E-state index in [1.54, 1.807) is 24.3 Å². The standard InChI is InChI=1S/C17H19ClN2O4/c1-4-11(2)24-16-13(18)8-12(9-15(16)22-3)10-19-20-17(21)14-6-5-7-23-14/h5-11H,4H2,1-3H3,(H,20,21)/b19-10+/t11-/m0/s1. The molecule has 1 amide bonds. The van der Waals surface area contributed by atoms with Gasteiger partial charge in [-0.05, 0) is 43.2 Å². The Labute approximate surface area is 145 Å². The topological polar surface area (TPSA) is 73.1 Å².